The van der Waals surface area contributed by atoms with E-state index in [-0.39, 0.29) is 17.2 Å². The maximum absolute atomic E-state index is 12.8. The first-order valence-corrected chi connectivity index (χ1v) is 10.1. The Hall–Kier alpha value is -3.40. The Morgan fingerprint density at radius 1 is 1.10 bits per heavy atom. The van der Waals surface area contributed by atoms with E-state index in [1.165, 1.54) is 12.1 Å². The molecular formula is C20H20N4O5S. The molecule has 0 N–H and O–H groups in total. The van der Waals surface area contributed by atoms with Gasteiger partial charge in [0.2, 0.25) is 0 Å². The molecule has 0 atom stereocenters. The number of nitrogens with zero attached hydrogens (tertiary/aromatic N) is 4. The van der Waals surface area contributed by atoms with Crippen molar-refractivity contribution in [3.05, 3.63) is 52.1 Å². The molecule has 0 saturated carbocycles. The van der Waals surface area contributed by atoms with E-state index in [1.807, 2.05) is 12.1 Å². The average molecular weight is 428 g/mol. The molecule has 3 aromatic rings. The van der Waals surface area contributed by atoms with Gasteiger partial charge in [-0.3, -0.25) is 14.9 Å². The van der Waals surface area contributed by atoms with Crippen molar-refractivity contribution in [2.45, 2.75) is 0 Å². The number of nitro benzene ring substituents is 1. The standard InChI is InChI=1S/C20H20N4O5S/c1-28-15-7-8-16-17(18(15)29-2)21-20(30-16)23-11-9-22(10-12-23)19(25)13-5-3-4-6-14(13)24(26)27/h3-8H,9-12H2,1-2H3. The normalized spacial score (nSPS) is 14.1. The van der Waals surface area contributed by atoms with Gasteiger partial charge in [-0.15, -0.1) is 0 Å². The summed E-state index contributed by atoms with van der Waals surface area (Å²) in [6, 6.07) is 9.85. The number of carbonyl (C=O) groups is 1. The van der Waals surface area contributed by atoms with Gasteiger partial charge in [0, 0.05) is 32.2 Å². The molecule has 0 radical (unpaired) electrons. The van der Waals surface area contributed by atoms with Gasteiger partial charge < -0.3 is 19.3 Å². The molecule has 1 aliphatic heterocycles. The van der Waals surface area contributed by atoms with Crippen molar-refractivity contribution in [1.29, 1.82) is 0 Å². The lowest BCUT2D eigenvalue weighted by molar-refractivity contribution is -0.385. The molecule has 4 rings (SSSR count). The van der Waals surface area contributed by atoms with Crippen molar-refractivity contribution in [3.8, 4) is 11.5 Å². The molecule has 9 nitrogen and oxygen atoms in total. The average Bonchev–Trinajstić information content (AvgIpc) is 3.22. The number of fused-ring (bicyclic) bond motifs is 1. The van der Waals surface area contributed by atoms with Crippen LogP contribution >= 0.6 is 11.3 Å². The van der Waals surface area contributed by atoms with Crippen LogP contribution in [0.25, 0.3) is 10.2 Å². The highest BCUT2D eigenvalue weighted by Gasteiger charge is 2.28. The van der Waals surface area contributed by atoms with Crippen molar-refractivity contribution in [3.63, 3.8) is 0 Å². The lowest BCUT2D eigenvalue weighted by Gasteiger charge is -2.34. The summed E-state index contributed by atoms with van der Waals surface area (Å²) in [6.07, 6.45) is 0. The molecule has 30 heavy (non-hydrogen) atoms. The largest absolute Gasteiger partial charge is 0.493 e. The van der Waals surface area contributed by atoms with Crippen molar-refractivity contribution in [1.82, 2.24) is 9.88 Å². The number of thiazole rings is 1. The van der Waals surface area contributed by atoms with Gasteiger partial charge in [-0.05, 0) is 18.2 Å². The number of hydrogen-bond acceptors (Lipinski definition) is 8. The third-order valence-corrected chi connectivity index (χ3v) is 6.14. The first kappa shape index (κ1) is 19.9. The zero-order valence-electron chi connectivity index (χ0n) is 16.5. The number of ether oxygens (including phenoxy) is 2. The molecule has 156 valence electrons. The number of anilines is 1. The summed E-state index contributed by atoms with van der Waals surface area (Å²) in [7, 11) is 3.17. The van der Waals surface area contributed by atoms with Crippen LogP contribution in [-0.2, 0) is 0 Å². The minimum absolute atomic E-state index is 0.118. The number of piperazine rings is 1. The fraction of sp³-hybridized carbons (Fsp3) is 0.300. The van der Waals surface area contributed by atoms with E-state index >= 15 is 0 Å². The minimum Gasteiger partial charge on any atom is -0.493 e. The van der Waals surface area contributed by atoms with Crippen LogP contribution in [0.15, 0.2) is 36.4 Å². The molecule has 2 heterocycles. The van der Waals surface area contributed by atoms with Gasteiger partial charge in [-0.1, -0.05) is 23.5 Å². The van der Waals surface area contributed by atoms with Gasteiger partial charge >= 0.3 is 0 Å². The Balaban J connectivity index is 1.51. The summed E-state index contributed by atoms with van der Waals surface area (Å²) in [5.41, 5.74) is 0.695. The Labute approximate surface area is 176 Å². The summed E-state index contributed by atoms with van der Waals surface area (Å²) >= 11 is 1.55. The number of aromatic nitrogens is 1. The van der Waals surface area contributed by atoms with E-state index in [9.17, 15) is 14.9 Å². The van der Waals surface area contributed by atoms with Gasteiger partial charge in [-0.25, -0.2) is 4.98 Å². The molecule has 1 saturated heterocycles. The van der Waals surface area contributed by atoms with Crippen molar-refractivity contribution >= 4 is 38.3 Å². The van der Waals surface area contributed by atoms with Crippen molar-refractivity contribution in [2.24, 2.45) is 0 Å². The number of hydrogen-bond donors (Lipinski definition) is 0. The molecular weight excluding hydrogens is 408 g/mol. The first-order chi connectivity index (χ1) is 14.5. The van der Waals surface area contributed by atoms with Gasteiger partial charge in [0.05, 0.1) is 23.8 Å². The predicted molar refractivity (Wildman–Crippen MR) is 114 cm³/mol. The monoisotopic (exact) mass is 428 g/mol. The van der Waals surface area contributed by atoms with Crippen LogP contribution in [0, 0.1) is 10.1 Å². The first-order valence-electron chi connectivity index (χ1n) is 9.32. The van der Waals surface area contributed by atoms with Crippen LogP contribution in [0.4, 0.5) is 10.8 Å². The van der Waals surface area contributed by atoms with Crippen LogP contribution in [0.5, 0.6) is 11.5 Å². The maximum Gasteiger partial charge on any atom is 0.282 e. The number of methoxy groups -OCH3 is 2. The minimum atomic E-state index is -0.522. The Bertz CT molecular complexity index is 1110. The zero-order chi connectivity index (χ0) is 21.3. The molecule has 10 heteroatoms. The Morgan fingerprint density at radius 3 is 2.50 bits per heavy atom. The molecule has 0 aliphatic carbocycles. The Morgan fingerprint density at radius 2 is 1.83 bits per heavy atom. The number of para-hydroxylation sites is 1. The number of carbonyl (C=O) groups excluding carboxylic acids is 1. The second-order valence-corrected chi connectivity index (χ2v) is 7.71. The fourth-order valence-electron chi connectivity index (χ4n) is 3.52. The molecule has 0 bridgehead atoms. The van der Waals surface area contributed by atoms with Gasteiger partial charge in [0.25, 0.3) is 11.6 Å². The van der Waals surface area contributed by atoms with Crippen molar-refractivity contribution in [2.75, 3.05) is 45.3 Å². The second-order valence-electron chi connectivity index (χ2n) is 6.70. The van der Waals surface area contributed by atoms with E-state index in [4.69, 9.17) is 14.5 Å². The molecule has 0 unspecified atom stereocenters. The van der Waals surface area contributed by atoms with Gasteiger partial charge in [-0.2, -0.15) is 0 Å². The van der Waals surface area contributed by atoms with E-state index in [1.54, 1.807) is 42.6 Å². The summed E-state index contributed by atoms with van der Waals surface area (Å²) in [4.78, 5) is 32.0. The SMILES string of the molecule is COc1ccc2sc(N3CCN(C(=O)c4ccccc4[N+](=O)[O-])CC3)nc2c1OC. The molecule has 0 spiro atoms. The second kappa shape index (κ2) is 8.15. The topological polar surface area (TPSA) is 98.0 Å². The maximum atomic E-state index is 12.8. The molecule has 1 fully saturated rings. The van der Waals surface area contributed by atoms with E-state index in [0.717, 1.165) is 15.3 Å². The van der Waals surface area contributed by atoms with E-state index < -0.39 is 4.92 Å². The Kier molecular flexibility index (Phi) is 5.40. The summed E-state index contributed by atoms with van der Waals surface area (Å²) in [5.74, 6) is 0.905. The van der Waals surface area contributed by atoms with Crippen LogP contribution < -0.4 is 14.4 Å². The number of benzene rings is 2. The third kappa shape index (κ3) is 3.50. The van der Waals surface area contributed by atoms with E-state index in [0.29, 0.717) is 37.7 Å². The molecule has 1 aliphatic rings. The lowest BCUT2D eigenvalue weighted by atomic mass is 10.1. The molecule has 1 aromatic heterocycles. The summed E-state index contributed by atoms with van der Waals surface area (Å²) in [5, 5.41) is 12.1. The molecule has 1 amide bonds. The summed E-state index contributed by atoms with van der Waals surface area (Å²) in [6.45, 7) is 2.10. The fourth-order valence-corrected chi connectivity index (χ4v) is 4.53. The zero-order valence-corrected chi connectivity index (χ0v) is 17.3. The number of nitro groups is 1. The highest BCUT2D eigenvalue weighted by molar-refractivity contribution is 7.22. The predicted octanol–water partition coefficient (Wildman–Crippen LogP) is 3.18. The van der Waals surface area contributed by atoms with Crippen LogP contribution in [0.3, 0.4) is 0 Å². The third-order valence-electron chi connectivity index (χ3n) is 5.06. The lowest BCUT2D eigenvalue weighted by Crippen LogP contribution is -2.48. The summed E-state index contributed by atoms with van der Waals surface area (Å²) < 4.78 is 11.8. The highest BCUT2D eigenvalue weighted by atomic mass is 32.1. The number of amides is 1. The van der Waals surface area contributed by atoms with Crippen molar-refractivity contribution < 1.29 is 19.2 Å². The van der Waals surface area contributed by atoms with Crippen LogP contribution in [-0.4, -0.2) is 61.1 Å². The van der Waals surface area contributed by atoms with Gasteiger partial charge in [0.15, 0.2) is 16.6 Å². The quantitative estimate of drug-likeness (QED) is 0.455. The highest BCUT2D eigenvalue weighted by Crippen LogP contribution is 2.40. The smallest absolute Gasteiger partial charge is 0.282 e. The number of rotatable bonds is 5. The van der Waals surface area contributed by atoms with Crippen LogP contribution in [0.1, 0.15) is 10.4 Å². The van der Waals surface area contributed by atoms with Crippen LogP contribution in [0.2, 0.25) is 0 Å². The van der Waals surface area contributed by atoms with E-state index in [2.05, 4.69) is 4.90 Å². The molecule has 2 aromatic carbocycles. The van der Waals surface area contributed by atoms with Gasteiger partial charge in [0.1, 0.15) is 11.1 Å².